The van der Waals surface area contributed by atoms with Gasteiger partial charge in [-0.2, -0.15) is 0 Å². The van der Waals surface area contributed by atoms with E-state index in [4.69, 9.17) is 4.74 Å². The van der Waals surface area contributed by atoms with Crippen molar-refractivity contribution in [1.29, 1.82) is 0 Å². The number of Topliss-reactive ketones (excluding diaryl/α,β-unsaturated/α-hetero) is 2. The lowest BCUT2D eigenvalue weighted by Crippen LogP contribution is -2.23. The van der Waals surface area contributed by atoms with Crippen molar-refractivity contribution in [3.63, 3.8) is 0 Å². The molecule has 1 saturated heterocycles. The van der Waals surface area contributed by atoms with Gasteiger partial charge >= 0.3 is 5.97 Å². The molecule has 1 unspecified atom stereocenters. The Morgan fingerprint density at radius 3 is 2.48 bits per heavy atom. The number of carbonyl (C=O) groups is 3. The largest absolute Gasteiger partial charge is 0.459 e. The average molecular weight is 333 g/mol. The molecule has 1 aliphatic heterocycles. The highest BCUT2D eigenvalue weighted by molar-refractivity contribution is 6.41. The van der Waals surface area contributed by atoms with Crippen LogP contribution in [0.15, 0.2) is 60.8 Å². The molecular formula is C20H15NO4. The molecule has 0 bridgehead atoms. The molecule has 0 spiro atoms. The summed E-state index contributed by atoms with van der Waals surface area (Å²) in [4.78, 5) is 36.0. The van der Waals surface area contributed by atoms with Gasteiger partial charge in [0.1, 0.15) is 12.5 Å². The lowest BCUT2D eigenvalue weighted by molar-refractivity contribution is -0.147. The Hall–Kier alpha value is -3.21. The number of cyclic esters (lactones) is 1. The van der Waals surface area contributed by atoms with Gasteiger partial charge in [-0.15, -0.1) is 0 Å². The third-order valence-corrected chi connectivity index (χ3v) is 4.47. The van der Waals surface area contributed by atoms with Crippen LogP contribution in [0.1, 0.15) is 15.9 Å². The van der Waals surface area contributed by atoms with Crippen LogP contribution in [0, 0.1) is 5.92 Å². The first-order valence-electron chi connectivity index (χ1n) is 8.02. The summed E-state index contributed by atoms with van der Waals surface area (Å²) >= 11 is 0. The van der Waals surface area contributed by atoms with Crippen LogP contribution in [0.2, 0.25) is 0 Å². The highest BCUT2D eigenvalue weighted by atomic mass is 16.5. The molecule has 2 heterocycles. The van der Waals surface area contributed by atoms with Gasteiger partial charge in [-0.25, -0.2) is 4.79 Å². The van der Waals surface area contributed by atoms with Crippen LogP contribution >= 0.6 is 0 Å². The molecule has 0 amide bonds. The lowest BCUT2D eigenvalue weighted by Gasteiger charge is -2.05. The number of hydrogen-bond acceptors (Lipinski definition) is 4. The van der Waals surface area contributed by atoms with E-state index in [1.54, 1.807) is 6.20 Å². The number of esters is 1. The second-order valence-electron chi connectivity index (χ2n) is 6.05. The van der Waals surface area contributed by atoms with E-state index in [0.717, 1.165) is 16.5 Å². The van der Waals surface area contributed by atoms with E-state index in [1.165, 1.54) is 0 Å². The summed E-state index contributed by atoms with van der Waals surface area (Å²) in [5, 5.41) is 0.774. The van der Waals surface area contributed by atoms with Crippen molar-refractivity contribution in [3.8, 4) is 0 Å². The minimum atomic E-state index is -1.04. The molecule has 3 aromatic rings. The van der Waals surface area contributed by atoms with Crippen LogP contribution in [0.5, 0.6) is 0 Å². The molecule has 2 aromatic carbocycles. The molecule has 1 aliphatic rings. The van der Waals surface area contributed by atoms with E-state index < -0.39 is 17.7 Å². The van der Waals surface area contributed by atoms with Crippen LogP contribution in [-0.4, -0.2) is 28.7 Å². The number of carbonyl (C=O) groups excluding carboxylic acids is 3. The van der Waals surface area contributed by atoms with Crippen molar-refractivity contribution < 1.29 is 19.1 Å². The van der Waals surface area contributed by atoms with Crippen molar-refractivity contribution in [2.24, 2.45) is 5.92 Å². The van der Waals surface area contributed by atoms with Crippen molar-refractivity contribution in [2.75, 3.05) is 6.61 Å². The molecule has 1 atom stereocenters. The van der Waals surface area contributed by atoms with Crippen LogP contribution in [0.3, 0.4) is 0 Å². The Kier molecular flexibility index (Phi) is 3.69. The number of para-hydroxylation sites is 1. The van der Waals surface area contributed by atoms with Crippen LogP contribution in [-0.2, 0) is 20.9 Å². The van der Waals surface area contributed by atoms with E-state index in [-0.39, 0.29) is 12.4 Å². The number of benzene rings is 2. The SMILES string of the molecule is O=C1OCC(C(=O)c2cn(Cc3ccccc3)c3ccccc23)C1=O. The van der Waals surface area contributed by atoms with Gasteiger partial charge in [0.05, 0.1) is 0 Å². The molecule has 5 heteroatoms. The molecule has 25 heavy (non-hydrogen) atoms. The van der Waals surface area contributed by atoms with Gasteiger partial charge in [-0.1, -0.05) is 48.5 Å². The third-order valence-electron chi connectivity index (χ3n) is 4.47. The van der Waals surface area contributed by atoms with Crippen molar-refractivity contribution >= 4 is 28.4 Å². The fourth-order valence-electron chi connectivity index (χ4n) is 3.18. The fraction of sp³-hybridized carbons (Fsp3) is 0.150. The fourth-order valence-corrected chi connectivity index (χ4v) is 3.18. The summed E-state index contributed by atoms with van der Waals surface area (Å²) in [6.45, 7) is 0.442. The van der Waals surface area contributed by atoms with Crippen LogP contribution < -0.4 is 0 Å². The second kappa shape index (κ2) is 6.02. The Morgan fingerprint density at radius 1 is 1.04 bits per heavy atom. The minimum absolute atomic E-state index is 0.172. The molecule has 4 rings (SSSR count). The van der Waals surface area contributed by atoms with Gasteiger partial charge in [-0.05, 0) is 11.6 Å². The predicted octanol–water partition coefficient (Wildman–Crippen LogP) is 2.61. The smallest absolute Gasteiger partial charge is 0.375 e. The van der Waals surface area contributed by atoms with Gasteiger partial charge < -0.3 is 9.30 Å². The summed E-state index contributed by atoms with van der Waals surface area (Å²) < 4.78 is 6.70. The zero-order valence-corrected chi connectivity index (χ0v) is 13.3. The van der Waals surface area contributed by atoms with Gasteiger partial charge in [0.15, 0.2) is 5.78 Å². The minimum Gasteiger partial charge on any atom is -0.459 e. The molecule has 0 aliphatic carbocycles. The first kappa shape index (κ1) is 15.3. The highest BCUT2D eigenvalue weighted by Crippen LogP contribution is 2.26. The first-order valence-corrected chi connectivity index (χ1v) is 8.02. The maximum absolute atomic E-state index is 12.8. The molecule has 0 saturated carbocycles. The predicted molar refractivity (Wildman–Crippen MR) is 91.3 cm³/mol. The maximum atomic E-state index is 12.8. The number of rotatable bonds is 4. The maximum Gasteiger partial charge on any atom is 0.375 e. The first-order chi connectivity index (χ1) is 12.1. The molecule has 1 aromatic heterocycles. The highest BCUT2D eigenvalue weighted by Gasteiger charge is 2.41. The van der Waals surface area contributed by atoms with Crippen molar-refractivity contribution in [1.82, 2.24) is 4.57 Å². The van der Waals surface area contributed by atoms with E-state index in [1.807, 2.05) is 59.2 Å². The zero-order valence-electron chi connectivity index (χ0n) is 13.3. The number of nitrogens with zero attached hydrogens (tertiary/aromatic N) is 1. The summed E-state index contributed by atoms with van der Waals surface area (Å²) in [5.74, 6) is -3.08. The summed E-state index contributed by atoms with van der Waals surface area (Å²) in [6, 6.07) is 17.5. The molecule has 1 fully saturated rings. The Balaban J connectivity index is 1.76. The topological polar surface area (TPSA) is 65.4 Å². The number of ether oxygens (including phenoxy) is 1. The normalized spacial score (nSPS) is 17.0. The van der Waals surface area contributed by atoms with Crippen molar-refractivity contribution in [2.45, 2.75) is 6.54 Å². The van der Waals surface area contributed by atoms with Gasteiger partial charge in [0.2, 0.25) is 0 Å². The van der Waals surface area contributed by atoms with E-state index in [2.05, 4.69) is 0 Å². The summed E-state index contributed by atoms with van der Waals surface area (Å²) in [6.07, 6.45) is 1.76. The molecular weight excluding hydrogens is 318 g/mol. The standard InChI is InChI=1S/C20H15NO4/c22-18(16-12-25-20(24)19(16)23)15-11-21(10-13-6-2-1-3-7-13)17-9-5-4-8-14(15)17/h1-9,11,16H,10,12H2. The number of ketones is 2. The van der Waals surface area contributed by atoms with Gasteiger partial charge in [0, 0.05) is 29.2 Å². The number of aromatic nitrogens is 1. The Bertz CT molecular complexity index is 987. The molecule has 0 N–H and O–H groups in total. The Labute approximate surface area is 143 Å². The molecule has 0 radical (unpaired) electrons. The number of fused-ring (bicyclic) bond motifs is 1. The van der Waals surface area contributed by atoms with Crippen LogP contribution in [0.4, 0.5) is 0 Å². The monoisotopic (exact) mass is 333 g/mol. The molecule has 5 nitrogen and oxygen atoms in total. The van der Waals surface area contributed by atoms with Gasteiger partial charge in [-0.3, -0.25) is 9.59 Å². The van der Waals surface area contributed by atoms with Crippen LogP contribution in [0.25, 0.3) is 10.9 Å². The van der Waals surface area contributed by atoms with E-state index in [0.29, 0.717) is 12.1 Å². The Morgan fingerprint density at radius 2 is 1.76 bits per heavy atom. The second-order valence-corrected chi connectivity index (χ2v) is 6.05. The zero-order chi connectivity index (χ0) is 17.4. The lowest BCUT2D eigenvalue weighted by atomic mass is 9.96. The van der Waals surface area contributed by atoms with E-state index in [9.17, 15) is 14.4 Å². The van der Waals surface area contributed by atoms with Crippen molar-refractivity contribution in [3.05, 3.63) is 71.9 Å². The third kappa shape index (κ3) is 2.63. The van der Waals surface area contributed by atoms with Gasteiger partial charge in [0.25, 0.3) is 5.78 Å². The average Bonchev–Trinajstić information content (AvgIpc) is 3.17. The number of hydrogen-bond donors (Lipinski definition) is 0. The van der Waals surface area contributed by atoms with E-state index >= 15 is 0 Å². The summed E-state index contributed by atoms with van der Waals surface area (Å²) in [5.41, 5.74) is 2.47. The summed E-state index contributed by atoms with van der Waals surface area (Å²) in [7, 11) is 0. The quantitative estimate of drug-likeness (QED) is 0.319. The molecule has 124 valence electrons.